The Hall–Kier alpha value is -1.36. The monoisotopic (exact) mass is 336 g/mol. The highest BCUT2D eigenvalue weighted by molar-refractivity contribution is 9.10. The second-order valence-electron chi connectivity index (χ2n) is 5.59. The number of rotatable bonds is 4. The van der Waals surface area contributed by atoms with E-state index in [9.17, 15) is 9.59 Å². The molecule has 3 rings (SSSR count). The first-order valence-electron chi connectivity index (χ1n) is 6.94. The van der Waals surface area contributed by atoms with Crippen LogP contribution in [0.5, 0.6) is 0 Å². The van der Waals surface area contributed by atoms with Gasteiger partial charge in [-0.15, -0.1) is 0 Å². The van der Waals surface area contributed by atoms with E-state index in [0.717, 1.165) is 17.3 Å². The molecule has 0 bridgehead atoms. The minimum absolute atomic E-state index is 0.0598. The smallest absolute Gasteiger partial charge is 0.324 e. The Balaban J connectivity index is 1.83. The van der Waals surface area contributed by atoms with E-state index < -0.39 is 0 Å². The lowest BCUT2D eigenvalue weighted by atomic mass is 9.95. The van der Waals surface area contributed by atoms with E-state index in [1.807, 2.05) is 25.1 Å². The summed E-state index contributed by atoms with van der Waals surface area (Å²) in [5, 5.41) is 2.75. The van der Waals surface area contributed by atoms with E-state index in [1.54, 1.807) is 0 Å². The van der Waals surface area contributed by atoms with Gasteiger partial charge in [0.25, 0.3) is 5.91 Å². The van der Waals surface area contributed by atoms with Gasteiger partial charge in [0.15, 0.2) is 0 Å². The highest BCUT2D eigenvalue weighted by Gasteiger charge is 2.50. The molecule has 1 aromatic carbocycles. The van der Waals surface area contributed by atoms with Gasteiger partial charge in [0.05, 0.1) is 0 Å². The quantitative estimate of drug-likeness (QED) is 0.859. The van der Waals surface area contributed by atoms with E-state index in [1.165, 1.54) is 10.5 Å². The first kappa shape index (κ1) is 13.6. The van der Waals surface area contributed by atoms with E-state index in [2.05, 4.69) is 27.3 Å². The Labute approximate surface area is 126 Å². The van der Waals surface area contributed by atoms with Gasteiger partial charge in [-0.25, -0.2) is 4.79 Å². The normalized spacial score (nSPS) is 23.9. The minimum atomic E-state index is -0.350. The van der Waals surface area contributed by atoms with Crippen molar-refractivity contribution in [1.82, 2.24) is 10.2 Å². The van der Waals surface area contributed by atoms with Crippen molar-refractivity contribution in [3.05, 3.63) is 34.3 Å². The Morgan fingerprint density at radius 3 is 2.60 bits per heavy atom. The zero-order valence-corrected chi connectivity index (χ0v) is 12.9. The summed E-state index contributed by atoms with van der Waals surface area (Å²) in [6, 6.07) is 7.46. The molecule has 0 aromatic heterocycles. The SMILES string of the molecule is CC[C@H]1NC(=O)N(CC2(c3ccccc3Br)CC2)C1=O. The Morgan fingerprint density at radius 1 is 1.35 bits per heavy atom. The van der Waals surface area contributed by atoms with Gasteiger partial charge >= 0.3 is 6.03 Å². The maximum Gasteiger partial charge on any atom is 0.324 e. The number of carbonyl (C=O) groups excluding carboxylic acids is 2. The van der Waals surface area contributed by atoms with Crippen LogP contribution in [0.3, 0.4) is 0 Å². The zero-order chi connectivity index (χ0) is 14.3. The molecule has 1 atom stereocenters. The molecule has 1 aromatic rings. The fraction of sp³-hybridized carbons (Fsp3) is 0.467. The summed E-state index contributed by atoms with van der Waals surface area (Å²) in [6.07, 6.45) is 2.68. The highest BCUT2D eigenvalue weighted by Crippen LogP contribution is 2.51. The average Bonchev–Trinajstić information content (AvgIpc) is 3.17. The lowest BCUT2D eigenvalue weighted by Gasteiger charge is -2.22. The molecular weight excluding hydrogens is 320 g/mol. The molecule has 1 saturated heterocycles. The summed E-state index contributed by atoms with van der Waals surface area (Å²) in [5.41, 5.74) is 1.14. The van der Waals surface area contributed by atoms with Crippen LogP contribution in [0.2, 0.25) is 0 Å². The van der Waals surface area contributed by atoms with E-state index >= 15 is 0 Å². The molecule has 2 aliphatic rings. The summed E-state index contributed by atoms with van der Waals surface area (Å²) in [5.74, 6) is -0.0872. The van der Waals surface area contributed by atoms with Gasteiger partial charge in [0.2, 0.25) is 0 Å². The second-order valence-corrected chi connectivity index (χ2v) is 6.45. The second kappa shape index (κ2) is 4.88. The van der Waals surface area contributed by atoms with E-state index in [0.29, 0.717) is 13.0 Å². The van der Waals surface area contributed by atoms with Crippen molar-refractivity contribution in [2.24, 2.45) is 0 Å². The zero-order valence-electron chi connectivity index (χ0n) is 11.4. The van der Waals surface area contributed by atoms with Crippen LogP contribution in [0, 0.1) is 0 Å². The molecule has 1 heterocycles. The third kappa shape index (κ3) is 2.14. The summed E-state index contributed by atoms with van der Waals surface area (Å²) >= 11 is 3.57. The van der Waals surface area contributed by atoms with Crippen LogP contribution in [-0.4, -0.2) is 29.4 Å². The molecule has 0 radical (unpaired) electrons. The molecule has 0 unspecified atom stereocenters. The van der Waals surface area contributed by atoms with Crippen LogP contribution < -0.4 is 5.32 Å². The lowest BCUT2D eigenvalue weighted by Crippen LogP contribution is -2.38. The van der Waals surface area contributed by atoms with Crippen LogP contribution in [0.1, 0.15) is 31.7 Å². The molecule has 5 heteroatoms. The highest BCUT2D eigenvalue weighted by atomic mass is 79.9. The lowest BCUT2D eigenvalue weighted by molar-refractivity contribution is -0.127. The predicted molar refractivity (Wildman–Crippen MR) is 79.4 cm³/mol. The number of urea groups is 1. The summed E-state index contributed by atoms with van der Waals surface area (Å²) in [6.45, 7) is 2.39. The Bertz CT molecular complexity index is 569. The number of hydrogen-bond donors (Lipinski definition) is 1. The fourth-order valence-corrected chi connectivity index (χ4v) is 3.57. The number of hydrogen-bond acceptors (Lipinski definition) is 2. The molecular formula is C15H17BrN2O2. The largest absolute Gasteiger partial charge is 0.326 e. The fourth-order valence-electron chi connectivity index (χ4n) is 2.86. The number of halogens is 1. The standard InChI is InChI=1S/C15H17BrN2O2/c1-2-12-13(19)18(14(20)17-12)9-15(7-8-15)10-5-3-4-6-11(10)16/h3-6,12H,2,7-9H2,1H3,(H,17,20)/t12-/m1/s1. The maximum atomic E-state index is 12.2. The molecule has 0 spiro atoms. The number of nitrogens with one attached hydrogen (secondary N) is 1. The Morgan fingerprint density at radius 2 is 2.05 bits per heavy atom. The van der Waals surface area contributed by atoms with Crippen molar-refractivity contribution in [2.75, 3.05) is 6.54 Å². The van der Waals surface area contributed by atoms with Crippen molar-refractivity contribution < 1.29 is 9.59 Å². The molecule has 2 fully saturated rings. The van der Waals surface area contributed by atoms with E-state index in [-0.39, 0.29) is 23.4 Å². The van der Waals surface area contributed by atoms with Gasteiger partial charge < -0.3 is 5.32 Å². The third-order valence-electron chi connectivity index (χ3n) is 4.27. The van der Waals surface area contributed by atoms with Crippen molar-refractivity contribution in [3.63, 3.8) is 0 Å². The molecule has 1 aliphatic heterocycles. The van der Waals surface area contributed by atoms with Gasteiger partial charge in [0.1, 0.15) is 6.04 Å². The van der Waals surface area contributed by atoms with Gasteiger partial charge in [-0.2, -0.15) is 0 Å². The molecule has 1 aliphatic carbocycles. The summed E-state index contributed by atoms with van der Waals surface area (Å²) in [7, 11) is 0. The van der Waals surface area contributed by atoms with Crippen molar-refractivity contribution in [2.45, 2.75) is 37.6 Å². The number of nitrogens with zero attached hydrogens (tertiary/aromatic N) is 1. The van der Waals surface area contributed by atoms with Crippen LogP contribution in [0.25, 0.3) is 0 Å². The topological polar surface area (TPSA) is 49.4 Å². The molecule has 3 amide bonds. The van der Waals surface area contributed by atoms with Crippen LogP contribution >= 0.6 is 15.9 Å². The molecule has 4 nitrogen and oxygen atoms in total. The molecule has 1 saturated carbocycles. The van der Waals surface area contributed by atoms with Crippen LogP contribution in [0.15, 0.2) is 28.7 Å². The predicted octanol–water partition coefficient (Wildman–Crippen LogP) is 2.81. The number of carbonyl (C=O) groups is 2. The summed E-state index contributed by atoms with van der Waals surface area (Å²) < 4.78 is 1.05. The number of imide groups is 1. The third-order valence-corrected chi connectivity index (χ3v) is 4.97. The van der Waals surface area contributed by atoms with Gasteiger partial charge in [-0.05, 0) is 30.9 Å². The van der Waals surface area contributed by atoms with Crippen LogP contribution in [0.4, 0.5) is 4.79 Å². The number of benzene rings is 1. The van der Waals surface area contributed by atoms with Crippen molar-refractivity contribution in [3.8, 4) is 0 Å². The number of amides is 3. The summed E-state index contributed by atoms with van der Waals surface area (Å²) in [4.78, 5) is 25.5. The molecule has 1 N–H and O–H groups in total. The van der Waals surface area contributed by atoms with Crippen LogP contribution in [-0.2, 0) is 10.2 Å². The average molecular weight is 337 g/mol. The Kier molecular flexibility index (Phi) is 3.32. The minimum Gasteiger partial charge on any atom is -0.326 e. The first-order valence-corrected chi connectivity index (χ1v) is 7.73. The maximum absolute atomic E-state index is 12.2. The van der Waals surface area contributed by atoms with Gasteiger partial charge in [-0.1, -0.05) is 41.1 Å². The van der Waals surface area contributed by atoms with Gasteiger partial charge in [0, 0.05) is 16.4 Å². The van der Waals surface area contributed by atoms with Crippen molar-refractivity contribution >= 4 is 27.9 Å². The molecule has 20 heavy (non-hydrogen) atoms. The van der Waals surface area contributed by atoms with Crippen molar-refractivity contribution in [1.29, 1.82) is 0 Å². The molecule has 106 valence electrons. The van der Waals surface area contributed by atoms with E-state index in [4.69, 9.17) is 0 Å². The first-order chi connectivity index (χ1) is 9.57. The van der Waals surface area contributed by atoms with Gasteiger partial charge in [-0.3, -0.25) is 9.69 Å².